The van der Waals surface area contributed by atoms with Crippen LogP contribution < -0.4 is 43.2 Å². The van der Waals surface area contributed by atoms with Gasteiger partial charge in [0, 0.05) is 148 Å². The van der Waals surface area contributed by atoms with Gasteiger partial charge in [0.2, 0.25) is 0 Å². The van der Waals surface area contributed by atoms with Crippen molar-refractivity contribution < 1.29 is 58.3 Å². The number of aromatic hydroxyl groups is 4. The molecule has 1 aliphatic carbocycles. The fourth-order valence-corrected chi connectivity index (χ4v) is 9.61. The van der Waals surface area contributed by atoms with E-state index in [-0.39, 0.29) is 48.7 Å². The molecule has 0 heterocycles. The van der Waals surface area contributed by atoms with Gasteiger partial charge in [-0.05, 0) is 97.1 Å². The molecule has 410 valence electrons. The zero-order valence-corrected chi connectivity index (χ0v) is 45.7. The van der Waals surface area contributed by atoms with Crippen molar-refractivity contribution in [2.24, 2.45) is 15.0 Å². The Morgan fingerprint density at radius 1 is 0.350 bits per heavy atom. The molecular weight excluding hydrogens is 1020 g/mol. The highest BCUT2D eigenvalue weighted by molar-refractivity contribution is 5.88. The zero-order chi connectivity index (χ0) is 56.5. The van der Waals surface area contributed by atoms with Crippen LogP contribution in [0.1, 0.15) is 66.8 Å². The third-order valence-electron chi connectivity index (χ3n) is 13.9. The van der Waals surface area contributed by atoms with Gasteiger partial charge in [-0.15, -0.1) is 0 Å². The van der Waals surface area contributed by atoms with Crippen molar-refractivity contribution in [2.75, 3.05) is 62.2 Å². The van der Waals surface area contributed by atoms with E-state index >= 15 is 0 Å². The van der Waals surface area contributed by atoms with Gasteiger partial charge in [0.1, 0.15) is 69.0 Å². The summed E-state index contributed by atoms with van der Waals surface area (Å²) in [6, 6.07) is 36.0. The van der Waals surface area contributed by atoms with Crippen LogP contribution in [0.5, 0.6) is 69.0 Å². The van der Waals surface area contributed by atoms with Gasteiger partial charge in [0.25, 0.3) is 0 Å². The summed E-state index contributed by atoms with van der Waals surface area (Å²) in [6.07, 6.45) is 5.09. The molecule has 0 aromatic heterocycles. The smallest absolute Gasteiger partial charge is 0.131 e. The molecule has 0 fully saturated rings. The Bertz CT molecular complexity index is 3520. The van der Waals surface area contributed by atoms with E-state index in [1.807, 2.05) is 60.7 Å². The lowest BCUT2D eigenvalue weighted by molar-refractivity contribution is 0.391. The Hall–Kier alpha value is -9.83. The van der Waals surface area contributed by atoms with E-state index in [9.17, 15) is 20.4 Å². The number of ether oxygens (including phenoxy) is 8. The molecule has 0 saturated heterocycles. The normalized spacial score (nSPS) is 12.2. The molecule has 0 saturated carbocycles. The minimum absolute atomic E-state index is 0.00980. The Morgan fingerprint density at radius 2 is 0.625 bits per heavy atom. The second-order valence-electron chi connectivity index (χ2n) is 18.8. The number of aliphatic imine (C=N–C) groups is 3. The van der Waals surface area contributed by atoms with Crippen LogP contribution in [0.25, 0.3) is 0 Å². The molecule has 0 atom stereocenters. The zero-order valence-electron chi connectivity index (χ0n) is 45.7. The number of fused-ring (bicyclic) bond motifs is 8. The van der Waals surface area contributed by atoms with E-state index in [1.54, 1.807) is 136 Å². The molecule has 16 heteroatoms. The van der Waals surface area contributed by atoms with Crippen LogP contribution in [0.15, 0.2) is 136 Å². The van der Waals surface area contributed by atoms with Crippen molar-refractivity contribution in [3.05, 3.63) is 188 Å². The summed E-state index contributed by atoms with van der Waals surface area (Å²) >= 11 is 0. The summed E-state index contributed by atoms with van der Waals surface area (Å²) in [5.74, 6) is 4.49. The average molecular weight is 1080 g/mol. The lowest BCUT2D eigenvalue weighted by Crippen LogP contribution is -2.05. The summed E-state index contributed by atoms with van der Waals surface area (Å²) in [5.41, 5.74) is 8.47. The number of hydrogen-bond acceptors (Lipinski definition) is 16. The summed E-state index contributed by atoms with van der Waals surface area (Å²) in [4.78, 5) is 14.7. The largest absolute Gasteiger partial charge is 0.507 e. The fourth-order valence-electron chi connectivity index (χ4n) is 9.61. The van der Waals surface area contributed by atoms with Gasteiger partial charge in [-0.3, -0.25) is 15.0 Å². The molecule has 1 aliphatic rings. The number of rotatable bonds is 17. The standard InChI is InChI=1S/C64H62N4O12/c1-73-53-13-9-37(57(29-53)77-5)33-65-49-21-41-17-43-23-50(66-34-38-10-14-54(74-2)30-58(38)78-6)25-45(62(43)70)19-47-27-52(68-36-40-12-16-56(76-4)32-60(40)80-8)28-48(64(47)72)20-46-26-51(24-44(63(46)71)18-42(22-49)61(41)69)67-35-39-11-15-55(75-3)31-59(39)79-7/h9-16,21-35,68-72H,17-20,36H2,1-8H3/b65-33+,66-34+,67-35+. The molecule has 16 nitrogen and oxygen atoms in total. The van der Waals surface area contributed by atoms with Gasteiger partial charge in [-0.25, -0.2) is 0 Å². The maximum Gasteiger partial charge on any atom is 0.131 e. The van der Waals surface area contributed by atoms with Crippen LogP contribution in [0, 0.1) is 0 Å². The molecule has 9 rings (SSSR count). The van der Waals surface area contributed by atoms with Crippen molar-refractivity contribution in [3.8, 4) is 69.0 Å². The van der Waals surface area contributed by atoms with Crippen LogP contribution >= 0.6 is 0 Å². The highest BCUT2D eigenvalue weighted by Gasteiger charge is 2.23. The second-order valence-corrected chi connectivity index (χ2v) is 18.8. The molecule has 0 spiro atoms. The van der Waals surface area contributed by atoms with Crippen molar-refractivity contribution in [2.45, 2.75) is 32.2 Å². The Labute approximate surface area is 464 Å². The number of anilines is 1. The number of phenolic OH excluding ortho intramolecular Hbond substituents is 4. The van der Waals surface area contributed by atoms with Crippen molar-refractivity contribution in [3.63, 3.8) is 0 Å². The Kier molecular flexibility index (Phi) is 16.9. The first-order chi connectivity index (χ1) is 38.8. The monoisotopic (exact) mass is 1080 g/mol. The maximum atomic E-state index is 12.5. The average Bonchev–Trinajstić information content (AvgIpc) is 3.48. The Balaban J connectivity index is 1.24. The lowest BCUT2D eigenvalue weighted by Gasteiger charge is -2.20. The fraction of sp³-hybridized carbons (Fsp3) is 0.203. The number of nitrogens with zero attached hydrogens (tertiary/aromatic N) is 3. The first kappa shape index (κ1) is 54.9. The molecule has 8 aromatic rings. The number of hydrogen-bond donors (Lipinski definition) is 5. The molecule has 8 bridgehead atoms. The van der Waals surface area contributed by atoms with E-state index in [1.165, 1.54) is 0 Å². The summed E-state index contributed by atoms with van der Waals surface area (Å²) < 4.78 is 44.5. The van der Waals surface area contributed by atoms with E-state index < -0.39 is 0 Å². The van der Waals surface area contributed by atoms with Gasteiger partial charge < -0.3 is 63.6 Å². The molecule has 5 N–H and O–H groups in total. The van der Waals surface area contributed by atoms with Crippen LogP contribution in [0.2, 0.25) is 0 Å². The van der Waals surface area contributed by atoms with Gasteiger partial charge in [0.15, 0.2) is 0 Å². The number of benzene rings is 8. The van der Waals surface area contributed by atoms with Gasteiger partial charge >= 0.3 is 0 Å². The minimum Gasteiger partial charge on any atom is -0.507 e. The summed E-state index contributed by atoms with van der Waals surface area (Å²) in [6.45, 7) is 0.334. The summed E-state index contributed by atoms with van der Waals surface area (Å²) in [7, 11) is 12.6. The van der Waals surface area contributed by atoms with Crippen LogP contribution in [-0.4, -0.2) is 95.9 Å². The van der Waals surface area contributed by atoms with E-state index in [4.69, 9.17) is 52.9 Å². The molecule has 8 aromatic carbocycles. The second kappa shape index (κ2) is 24.7. The topological polar surface area (TPSA) is 204 Å². The molecular formula is C64H62N4O12. The van der Waals surface area contributed by atoms with Gasteiger partial charge in [0.05, 0.1) is 73.9 Å². The highest BCUT2D eigenvalue weighted by Crippen LogP contribution is 2.43. The summed E-state index contributed by atoms with van der Waals surface area (Å²) in [5, 5.41) is 53.4. The molecule has 80 heavy (non-hydrogen) atoms. The number of nitrogens with one attached hydrogen (secondary N) is 1. The molecule has 0 amide bonds. The van der Waals surface area contributed by atoms with Crippen LogP contribution in [0.4, 0.5) is 22.7 Å². The predicted molar refractivity (Wildman–Crippen MR) is 311 cm³/mol. The number of methoxy groups -OCH3 is 8. The molecule has 0 unspecified atom stereocenters. The third kappa shape index (κ3) is 12.3. The molecule has 0 radical (unpaired) electrons. The lowest BCUT2D eigenvalue weighted by atomic mass is 9.90. The Morgan fingerprint density at radius 3 is 0.912 bits per heavy atom. The SMILES string of the molecule is COc1ccc(/C=N/c2cc3c(O)c(c2)Cc2cc(/N=C/c4ccc(OC)cc4OC)cc(c2O)Cc2cc(NCc4ccc(OC)cc4OC)cc(c2O)Cc2cc(/N=C/c4ccc(OC)cc4OC)cc(c2O)C3)c(OC)c1. The predicted octanol–water partition coefficient (Wildman–Crippen LogP) is 12.1. The van der Waals surface area contributed by atoms with Gasteiger partial charge in [-0.2, -0.15) is 0 Å². The van der Waals surface area contributed by atoms with E-state index in [2.05, 4.69) is 5.32 Å². The van der Waals surface area contributed by atoms with E-state index in [0.29, 0.717) is 136 Å². The van der Waals surface area contributed by atoms with Crippen molar-refractivity contribution >= 4 is 41.4 Å². The van der Waals surface area contributed by atoms with Crippen LogP contribution in [-0.2, 0) is 32.2 Å². The quantitative estimate of drug-likeness (QED) is 0.0426. The van der Waals surface area contributed by atoms with Crippen molar-refractivity contribution in [1.29, 1.82) is 0 Å². The van der Waals surface area contributed by atoms with Crippen molar-refractivity contribution in [1.82, 2.24) is 0 Å². The van der Waals surface area contributed by atoms with E-state index in [0.717, 1.165) is 5.56 Å². The van der Waals surface area contributed by atoms with Crippen LogP contribution in [0.3, 0.4) is 0 Å². The number of phenols is 4. The van der Waals surface area contributed by atoms with Gasteiger partial charge in [-0.1, -0.05) is 0 Å². The molecule has 0 aliphatic heterocycles. The first-order valence-electron chi connectivity index (χ1n) is 25.5. The minimum atomic E-state index is -0.0687. The first-order valence-corrected chi connectivity index (χ1v) is 25.5. The maximum absolute atomic E-state index is 12.5. The third-order valence-corrected chi connectivity index (χ3v) is 13.9. The highest BCUT2D eigenvalue weighted by atomic mass is 16.5.